The fourth-order valence-electron chi connectivity index (χ4n) is 1.20. The van der Waals surface area contributed by atoms with E-state index in [1.165, 1.54) is 7.28 Å². The standard InChI is InChI=1S/C8H14BO3/c1-3-8(4-2,7(11)12)5-9-6-10/h6H,3-5H2,1-2H3,(H,11,12). The van der Waals surface area contributed by atoms with Crippen molar-refractivity contribution in [2.75, 3.05) is 0 Å². The second kappa shape index (κ2) is 4.96. The maximum atomic E-state index is 10.9. The summed E-state index contributed by atoms with van der Waals surface area (Å²) in [6.45, 7) is 3.66. The first-order valence-corrected chi connectivity index (χ1v) is 4.13. The van der Waals surface area contributed by atoms with Crippen molar-refractivity contribution in [1.29, 1.82) is 0 Å². The molecule has 1 N–H and O–H groups in total. The van der Waals surface area contributed by atoms with E-state index in [1.54, 1.807) is 0 Å². The molecule has 12 heavy (non-hydrogen) atoms. The van der Waals surface area contributed by atoms with Gasteiger partial charge in [-0.25, -0.2) is 0 Å². The van der Waals surface area contributed by atoms with Gasteiger partial charge in [-0.2, -0.15) is 0 Å². The largest absolute Gasteiger partial charge is 0.481 e. The Hall–Kier alpha value is -0.795. The molecule has 0 aliphatic rings. The van der Waals surface area contributed by atoms with Gasteiger partial charge in [0, 0.05) is 0 Å². The van der Waals surface area contributed by atoms with Crippen molar-refractivity contribution in [3.05, 3.63) is 0 Å². The highest BCUT2D eigenvalue weighted by atomic mass is 16.4. The van der Waals surface area contributed by atoms with Crippen LogP contribution in [-0.2, 0) is 9.59 Å². The maximum absolute atomic E-state index is 10.9. The van der Waals surface area contributed by atoms with Crippen LogP contribution in [0, 0.1) is 5.41 Å². The number of carbonyl (C=O) groups excluding carboxylic acids is 1. The first-order chi connectivity index (χ1) is 5.63. The normalized spacial score (nSPS) is 10.8. The number of carboxylic acid groups (broad SMARTS) is 1. The van der Waals surface area contributed by atoms with Gasteiger partial charge in [0.25, 0.3) is 0 Å². The van der Waals surface area contributed by atoms with Gasteiger partial charge in [-0.1, -0.05) is 20.2 Å². The maximum Gasteiger partial charge on any atom is 0.308 e. The van der Waals surface area contributed by atoms with E-state index in [1.807, 2.05) is 13.8 Å². The molecular weight excluding hydrogens is 155 g/mol. The Bertz CT molecular complexity index is 164. The molecule has 3 nitrogen and oxygen atoms in total. The van der Waals surface area contributed by atoms with Crippen LogP contribution in [-0.4, -0.2) is 24.5 Å². The minimum Gasteiger partial charge on any atom is -0.481 e. The summed E-state index contributed by atoms with van der Waals surface area (Å²) in [6, 6.07) is 0. The number of carboxylic acids is 1. The lowest BCUT2D eigenvalue weighted by Gasteiger charge is -2.25. The highest BCUT2D eigenvalue weighted by molar-refractivity contribution is 6.67. The molecule has 0 unspecified atom stereocenters. The minimum atomic E-state index is -0.814. The van der Waals surface area contributed by atoms with E-state index < -0.39 is 11.4 Å². The molecule has 4 heteroatoms. The third-order valence-corrected chi connectivity index (χ3v) is 2.41. The summed E-state index contributed by atoms with van der Waals surface area (Å²) in [5, 5.41) is 8.91. The summed E-state index contributed by atoms with van der Waals surface area (Å²) < 4.78 is 0. The molecule has 0 aliphatic carbocycles. The van der Waals surface area contributed by atoms with Gasteiger partial charge < -0.3 is 9.90 Å². The van der Waals surface area contributed by atoms with E-state index in [4.69, 9.17) is 5.11 Å². The number of hydrogen-bond donors (Lipinski definition) is 1. The van der Waals surface area contributed by atoms with Crippen LogP contribution in [0.2, 0.25) is 6.32 Å². The van der Waals surface area contributed by atoms with E-state index in [-0.39, 0.29) is 0 Å². The lowest BCUT2D eigenvalue weighted by atomic mass is 9.62. The topological polar surface area (TPSA) is 54.4 Å². The van der Waals surface area contributed by atoms with Gasteiger partial charge in [0.1, 0.15) is 0 Å². The Morgan fingerprint density at radius 2 is 2.00 bits per heavy atom. The van der Waals surface area contributed by atoms with Gasteiger partial charge >= 0.3 is 5.97 Å². The average molecular weight is 169 g/mol. The zero-order valence-corrected chi connectivity index (χ0v) is 7.54. The highest BCUT2D eigenvalue weighted by Gasteiger charge is 2.33. The van der Waals surface area contributed by atoms with Crippen LogP contribution in [0.1, 0.15) is 26.7 Å². The van der Waals surface area contributed by atoms with E-state index in [2.05, 4.69) is 0 Å². The van der Waals surface area contributed by atoms with Gasteiger partial charge in [-0.05, 0) is 12.8 Å². The molecule has 0 rings (SSSR count). The first kappa shape index (κ1) is 11.2. The SMILES string of the molecule is CCC(CC)(C[B]C=O)C(=O)O. The Balaban J connectivity index is 4.34. The summed E-state index contributed by atoms with van der Waals surface area (Å²) in [5.74, 6) is -0.814. The molecular formula is C8H14BO3. The van der Waals surface area contributed by atoms with Gasteiger partial charge in [-0.3, -0.25) is 4.79 Å². The quantitative estimate of drug-likeness (QED) is 0.479. The van der Waals surface area contributed by atoms with Gasteiger partial charge in [0.15, 0.2) is 7.28 Å². The molecule has 67 valence electrons. The zero-order chi connectivity index (χ0) is 9.61. The molecule has 0 aliphatic heterocycles. The monoisotopic (exact) mass is 169 g/mol. The van der Waals surface area contributed by atoms with E-state index in [0.717, 1.165) is 0 Å². The molecule has 0 bridgehead atoms. The summed E-state index contributed by atoms with van der Waals surface area (Å²) in [7, 11) is 1.38. The average Bonchev–Trinajstić information content (AvgIpc) is 2.07. The first-order valence-electron chi connectivity index (χ1n) is 4.13. The molecule has 0 aromatic heterocycles. The smallest absolute Gasteiger partial charge is 0.308 e. The third kappa shape index (κ3) is 2.36. The predicted molar refractivity (Wildman–Crippen MR) is 48.0 cm³/mol. The zero-order valence-electron chi connectivity index (χ0n) is 7.54. The van der Waals surface area contributed by atoms with Crippen LogP contribution >= 0.6 is 0 Å². The Labute approximate surface area is 73.4 Å². The van der Waals surface area contributed by atoms with E-state index in [9.17, 15) is 9.59 Å². The van der Waals surface area contributed by atoms with Crippen molar-refractivity contribution in [3.63, 3.8) is 0 Å². The van der Waals surface area contributed by atoms with Crippen LogP contribution in [0.5, 0.6) is 0 Å². The molecule has 0 aromatic rings. The van der Waals surface area contributed by atoms with Crippen LogP contribution in [0.25, 0.3) is 0 Å². The molecule has 0 spiro atoms. The van der Waals surface area contributed by atoms with E-state index >= 15 is 0 Å². The lowest BCUT2D eigenvalue weighted by Crippen LogP contribution is -2.31. The number of aliphatic carboxylic acids is 1. The molecule has 0 amide bonds. The van der Waals surface area contributed by atoms with Gasteiger partial charge in [-0.15, -0.1) is 0 Å². The van der Waals surface area contributed by atoms with Crippen molar-refractivity contribution < 1.29 is 14.7 Å². The molecule has 0 saturated heterocycles. The fourth-order valence-corrected chi connectivity index (χ4v) is 1.20. The van der Waals surface area contributed by atoms with Crippen molar-refractivity contribution in [1.82, 2.24) is 0 Å². The molecule has 0 heterocycles. The molecule has 0 fully saturated rings. The highest BCUT2D eigenvalue weighted by Crippen LogP contribution is 2.30. The van der Waals surface area contributed by atoms with Crippen molar-refractivity contribution in [2.45, 2.75) is 33.0 Å². The summed E-state index contributed by atoms with van der Waals surface area (Å²) in [4.78, 5) is 20.9. The molecule has 0 atom stereocenters. The van der Waals surface area contributed by atoms with Crippen LogP contribution in [0.4, 0.5) is 0 Å². The number of rotatable bonds is 6. The summed E-state index contributed by atoms with van der Waals surface area (Å²) >= 11 is 0. The van der Waals surface area contributed by atoms with E-state index in [0.29, 0.717) is 25.3 Å². The molecule has 1 radical (unpaired) electrons. The number of carbonyl (C=O) groups is 2. The van der Waals surface area contributed by atoms with Gasteiger partial charge in [0.2, 0.25) is 0 Å². The molecule has 0 saturated carbocycles. The number of hydrogen-bond acceptors (Lipinski definition) is 2. The Morgan fingerprint density at radius 1 is 1.50 bits per heavy atom. The predicted octanol–water partition coefficient (Wildman–Crippen LogP) is 1.19. The third-order valence-electron chi connectivity index (χ3n) is 2.41. The van der Waals surface area contributed by atoms with Crippen LogP contribution in [0.3, 0.4) is 0 Å². The Kier molecular flexibility index (Phi) is 4.63. The second-order valence-electron chi connectivity index (χ2n) is 2.87. The van der Waals surface area contributed by atoms with Crippen molar-refractivity contribution in [3.8, 4) is 0 Å². The second-order valence-corrected chi connectivity index (χ2v) is 2.87. The Morgan fingerprint density at radius 3 is 2.25 bits per heavy atom. The summed E-state index contributed by atoms with van der Waals surface area (Å²) in [6.07, 6.45) is 2.11. The van der Waals surface area contributed by atoms with Crippen LogP contribution in [0.15, 0.2) is 0 Å². The van der Waals surface area contributed by atoms with Gasteiger partial charge in [0.05, 0.1) is 11.6 Å². The molecule has 0 aromatic carbocycles. The minimum absolute atomic E-state index is 0.332. The van der Waals surface area contributed by atoms with Crippen molar-refractivity contribution >= 4 is 19.4 Å². The van der Waals surface area contributed by atoms with Crippen LogP contribution < -0.4 is 0 Å². The summed E-state index contributed by atoms with van der Waals surface area (Å²) in [5.41, 5.74) is -0.735. The lowest BCUT2D eigenvalue weighted by molar-refractivity contribution is -0.148. The van der Waals surface area contributed by atoms with Crippen molar-refractivity contribution in [2.24, 2.45) is 5.41 Å². The fraction of sp³-hybridized carbons (Fsp3) is 0.750.